The number of rotatable bonds is 6. The van der Waals surface area contributed by atoms with E-state index in [9.17, 15) is 9.59 Å². The normalized spacial score (nSPS) is 15.7. The molecule has 1 aliphatic heterocycles. The predicted octanol–water partition coefficient (Wildman–Crippen LogP) is 2.76. The SMILES string of the molecule is C#CCSc1nc2c(c(=O)[nH]1)[C@@H](c1ccc(OCCC)cc1)CC(=O)N2. The van der Waals surface area contributed by atoms with Gasteiger partial charge in [0.2, 0.25) is 5.91 Å². The fourth-order valence-corrected chi connectivity index (χ4v) is 3.37. The van der Waals surface area contributed by atoms with E-state index < -0.39 is 0 Å². The fourth-order valence-electron chi connectivity index (χ4n) is 2.83. The first-order valence-electron chi connectivity index (χ1n) is 8.35. The van der Waals surface area contributed by atoms with Crippen LogP contribution in [0.25, 0.3) is 0 Å². The van der Waals surface area contributed by atoms with Gasteiger partial charge < -0.3 is 15.0 Å². The Morgan fingerprint density at radius 2 is 2.12 bits per heavy atom. The summed E-state index contributed by atoms with van der Waals surface area (Å²) in [5.74, 6) is 3.43. The van der Waals surface area contributed by atoms with Gasteiger partial charge in [0, 0.05) is 12.3 Å². The number of ether oxygens (including phenoxy) is 1. The molecule has 1 atom stereocenters. The van der Waals surface area contributed by atoms with Gasteiger partial charge in [-0.25, -0.2) is 4.98 Å². The first kappa shape index (κ1) is 18.1. The maximum Gasteiger partial charge on any atom is 0.257 e. The molecule has 0 fully saturated rings. The van der Waals surface area contributed by atoms with Crippen molar-refractivity contribution in [1.82, 2.24) is 9.97 Å². The van der Waals surface area contributed by atoms with E-state index >= 15 is 0 Å². The Bertz CT molecular complexity index is 900. The minimum Gasteiger partial charge on any atom is -0.494 e. The molecule has 3 rings (SSSR count). The summed E-state index contributed by atoms with van der Waals surface area (Å²) in [6, 6.07) is 7.49. The molecule has 134 valence electrons. The molecular formula is C19H19N3O3S. The molecule has 0 radical (unpaired) electrons. The molecule has 0 unspecified atom stereocenters. The third-order valence-electron chi connectivity index (χ3n) is 3.98. The smallest absolute Gasteiger partial charge is 0.257 e. The molecule has 1 aromatic heterocycles. The zero-order valence-electron chi connectivity index (χ0n) is 14.4. The zero-order chi connectivity index (χ0) is 18.5. The summed E-state index contributed by atoms with van der Waals surface area (Å²) in [7, 11) is 0. The van der Waals surface area contributed by atoms with E-state index in [-0.39, 0.29) is 23.8 Å². The molecule has 0 saturated heterocycles. The van der Waals surface area contributed by atoms with Crippen molar-refractivity contribution >= 4 is 23.5 Å². The van der Waals surface area contributed by atoms with Crippen LogP contribution in [0, 0.1) is 12.3 Å². The third-order valence-corrected chi connectivity index (χ3v) is 4.75. The van der Waals surface area contributed by atoms with Crippen LogP contribution in [-0.2, 0) is 4.79 Å². The lowest BCUT2D eigenvalue weighted by Gasteiger charge is -2.24. The lowest BCUT2D eigenvalue weighted by Crippen LogP contribution is -2.31. The van der Waals surface area contributed by atoms with Gasteiger partial charge >= 0.3 is 0 Å². The number of carbonyl (C=O) groups is 1. The van der Waals surface area contributed by atoms with Crippen LogP contribution in [0.5, 0.6) is 5.75 Å². The van der Waals surface area contributed by atoms with Crippen LogP contribution in [0.1, 0.15) is 36.8 Å². The monoisotopic (exact) mass is 369 g/mol. The molecule has 0 aliphatic carbocycles. The predicted molar refractivity (Wildman–Crippen MR) is 102 cm³/mol. The fraction of sp³-hybridized carbons (Fsp3) is 0.316. The number of carbonyl (C=O) groups excluding carboxylic acids is 1. The number of anilines is 1. The van der Waals surface area contributed by atoms with Crippen molar-refractivity contribution < 1.29 is 9.53 Å². The van der Waals surface area contributed by atoms with Crippen molar-refractivity contribution in [1.29, 1.82) is 0 Å². The molecule has 0 bridgehead atoms. The van der Waals surface area contributed by atoms with E-state index in [0.717, 1.165) is 17.7 Å². The second kappa shape index (κ2) is 8.11. The number of terminal acetylenes is 1. The first-order chi connectivity index (χ1) is 12.6. The van der Waals surface area contributed by atoms with Gasteiger partial charge in [-0.3, -0.25) is 9.59 Å². The van der Waals surface area contributed by atoms with Gasteiger partial charge in [0.25, 0.3) is 5.56 Å². The zero-order valence-corrected chi connectivity index (χ0v) is 15.2. The van der Waals surface area contributed by atoms with Crippen LogP contribution in [0.15, 0.2) is 34.2 Å². The number of thioether (sulfide) groups is 1. The van der Waals surface area contributed by atoms with Crippen molar-refractivity contribution in [2.75, 3.05) is 17.7 Å². The summed E-state index contributed by atoms with van der Waals surface area (Å²) < 4.78 is 5.59. The highest BCUT2D eigenvalue weighted by atomic mass is 32.2. The number of nitrogens with one attached hydrogen (secondary N) is 2. The number of amides is 1. The quantitative estimate of drug-likeness (QED) is 0.465. The number of aromatic amines is 1. The summed E-state index contributed by atoms with van der Waals surface area (Å²) in [6.07, 6.45) is 6.37. The Labute approximate surface area is 155 Å². The summed E-state index contributed by atoms with van der Waals surface area (Å²) in [5, 5.41) is 3.10. The standard InChI is InChI=1S/C19H19N3O3S/c1-3-9-25-13-7-5-12(6-8-13)14-11-15(23)20-17-16(14)18(24)22-19(21-17)26-10-4-2/h2,5-8,14H,3,9-11H2,1H3,(H2,20,21,22,23,24)/t14-/m1/s1. The molecule has 1 amide bonds. The highest BCUT2D eigenvalue weighted by molar-refractivity contribution is 7.99. The molecule has 26 heavy (non-hydrogen) atoms. The molecule has 0 spiro atoms. The highest BCUT2D eigenvalue weighted by Crippen LogP contribution is 2.35. The minimum atomic E-state index is -0.345. The second-order valence-electron chi connectivity index (χ2n) is 5.85. The number of hydrogen-bond acceptors (Lipinski definition) is 5. The van der Waals surface area contributed by atoms with Crippen LogP contribution >= 0.6 is 11.8 Å². The van der Waals surface area contributed by atoms with E-state index in [4.69, 9.17) is 11.2 Å². The van der Waals surface area contributed by atoms with Gasteiger partial charge in [-0.2, -0.15) is 0 Å². The number of aromatic nitrogens is 2. The van der Waals surface area contributed by atoms with Crippen molar-refractivity contribution in [3.8, 4) is 18.1 Å². The summed E-state index contributed by atoms with van der Waals surface area (Å²) in [5.41, 5.74) is 1.09. The van der Waals surface area contributed by atoms with E-state index in [2.05, 4.69) is 21.2 Å². The van der Waals surface area contributed by atoms with Crippen molar-refractivity contribution in [3.05, 3.63) is 45.7 Å². The van der Waals surface area contributed by atoms with Gasteiger partial charge in [0.1, 0.15) is 11.6 Å². The minimum absolute atomic E-state index is 0.167. The molecule has 2 heterocycles. The van der Waals surface area contributed by atoms with Crippen LogP contribution in [-0.4, -0.2) is 28.2 Å². The molecule has 6 nitrogen and oxygen atoms in total. The second-order valence-corrected chi connectivity index (χ2v) is 6.81. The average Bonchev–Trinajstić information content (AvgIpc) is 2.64. The lowest BCUT2D eigenvalue weighted by atomic mass is 9.87. The van der Waals surface area contributed by atoms with Crippen LogP contribution in [0.3, 0.4) is 0 Å². The van der Waals surface area contributed by atoms with E-state index in [1.165, 1.54) is 11.8 Å². The Kier molecular flexibility index (Phi) is 5.64. The van der Waals surface area contributed by atoms with Gasteiger partial charge in [-0.15, -0.1) is 6.42 Å². The topological polar surface area (TPSA) is 84.1 Å². The highest BCUT2D eigenvalue weighted by Gasteiger charge is 2.30. The summed E-state index contributed by atoms with van der Waals surface area (Å²) in [6.45, 7) is 2.69. The molecular weight excluding hydrogens is 350 g/mol. The molecule has 1 aromatic carbocycles. The number of benzene rings is 1. The van der Waals surface area contributed by atoms with Crippen LogP contribution in [0.4, 0.5) is 5.82 Å². The first-order valence-corrected chi connectivity index (χ1v) is 9.34. The summed E-state index contributed by atoms with van der Waals surface area (Å²) >= 11 is 1.24. The van der Waals surface area contributed by atoms with Gasteiger partial charge in [0.15, 0.2) is 5.16 Å². The Hall–Kier alpha value is -2.72. The largest absolute Gasteiger partial charge is 0.494 e. The Morgan fingerprint density at radius 1 is 1.35 bits per heavy atom. The molecule has 1 aliphatic rings. The van der Waals surface area contributed by atoms with E-state index in [0.29, 0.717) is 28.9 Å². The van der Waals surface area contributed by atoms with Crippen molar-refractivity contribution in [3.63, 3.8) is 0 Å². The molecule has 7 heteroatoms. The van der Waals surface area contributed by atoms with Crippen LogP contribution < -0.4 is 15.6 Å². The number of H-pyrrole nitrogens is 1. The Morgan fingerprint density at radius 3 is 2.81 bits per heavy atom. The average molecular weight is 369 g/mol. The molecule has 0 saturated carbocycles. The van der Waals surface area contributed by atoms with Gasteiger partial charge in [-0.1, -0.05) is 36.7 Å². The Balaban J connectivity index is 1.94. The molecule has 2 aromatic rings. The molecule has 2 N–H and O–H groups in total. The van der Waals surface area contributed by atoms with Crippen molar-refractivity contribution in [2.24, 2.45) is 0 Å². The van der Waals surface area contributed by atoms with Crippen molar-refractivity contribution in [2.45, 2.75) is 30.8 Å². The van der Waals surface area contributed by atoms with E-state index in [1.54, 1.807) is 0 Å². The van der Waals surface area contributed by atoms with E-state index in [1.807, 2.05) is 31.2 Å². The lowest BCUT2D eigenvalue weighted by molar-refractivity contribution is -0.116. The van der Waals surface area contributed by atoms with Crippen LogP contribution in [0.2, 0.25) is 0 Å². The number of fused-ring (bicyclic) bond motifs is 1. The maximum absolute atomic E-state index is 12.6. The number of hydrogen-bond donors (Lipinski definition) is 2. The third kappa shape index (κ3) is 3.92. The summed E-state index contributed by atoms with van der Waals surface area (Å²) in [4.78, 5) is 31.8. The van der Waals surface area contributed by atoms with Gasteiger partial charge in [-0.05, 0) is 24.1 Å². The number of nitrogens with zero attached hydrogens (tertiary/aromatic N) is 1. The van der Waals surface area contributed by atoms with Gasteiger partial charge in [0.05, 0.1) is 17.9 Å². The maximum atomic E-state index is 12.6.